The summed E-state index contributed by atoms with van der Waals surface area (Å²) >= 11 is 0. The van der Waals surface area contributed by atoms with Crippen LogP contribution in [-0.4, -0.2) is 44.7 Å². The fourth-order valence-corrected chi connectivity index (χ4v) is 3.77. The number of aryl methyl sites for hydroxylation is 1. The minimum absolute atomic E-state index is 0.0752. The van der Waals surface area contributed by atoms with Gasteiger partial charge in [0.25, 0.3) is 5.91 Å². The summed E-state index contributed by atoms with van der Waals surface area (Å²) in [6, 6.07) is 13.9. The molecule has 0 aliphatic carbocycles. The molecule has 28 heavy (non-hydrogen) atoms. The van der Waals surface area contributed by atoms with E-state index in [1.807, 2.05) is 31.2 Å². The van der Waals surface area contributed by atoms with E-state index < -0.39 is 0 Å². The molecule has 5 heteroatoms. The molecule has 1 unspecified atom stereocenters. The van der Waals surface area contributed by atoms with Crippen LogP contribution in [0.3, 0.4) is 0 Å². The van der Waals surface area contributed by atoms with E-state index in [2.05, 4.69) is 22.3 Å². The third-order valence-corrected chi connectivity index (χ3v) is 5.46. The van der Waals surface area contributed by atoms with Gasteiger partial charge >= 0.3 is 0 Å². The van der Waals surface area contributed by atoms with Gasteiger partial charge in [-0.15, -0.1) is 0 Å². The standard InChI is InChI=1S/C23H30N2O3/c1-17-7-8-19(15-22(17)28-3)23(26)24-16-21(25-13-5-4-6-14-25)18-9-11-20(27-2)12-10-18/h7-12,15,21H,4-6,13-14,16H2,1-3H3,(H,24,26). The Morgan fingerprint density at radius 2 is 1.75 bits per heavy atom. The Morgan fingerprint density at radius 1 is 1.04 bits per heavy atom. The molecule has 2 aromatic carbocycles. The molecule has 0 radical (unpaired) electrons. The molecule has 0 aromatic heterocycles. The van der Waals surface area contributed by atoms with Gasteiger partial charge in [0, 0.05) is 12.1 Å². The summed E-state index contributed by atoms with van der Waals surface area (Å²) < 4.78 is 10.6. The SMILES string of the molecule is COc1ccc(C(CNC(=O)c2ccc(C)c(OC)c2)N2CCCCC2)cc1. The maximum absolute atomic E-state index is 12.7. The summed E-state index contributed by atoms with van der Waals surface area (Å²) in [5, 5.41) is 3.13. The first kappa shape index (κ1) is 20.2. The number of rotatable bonds is 7. The number of nitrogens with one attached hydrogen (secondary N) is 1. The van der Waals surface area contributed by atoms with Crippen molar-refractivity contribution in [3.63, 3.8) is 0 Å². The minimum atomic E-state index is -0.0752. The molecule has 1 N–H and O–H groups in total. The zero-order chi connectivity index (χ0) is 19.9. The Balaban J connectivity index is 1.74. The molecular formula is C23H30N2O3. The number of hydrogen-bond acceptors (Lipinski definition) is 4. The largest absolute Gasteiger partial charge is 0.497 e. The first-order valence-electron chi connectivity index (χ1n) is 9.93. The lowest BCUT2D eigenvalue weighted by atomic mass is 10.0. The maximum Gasteiger partial charge on any atom is 0.251 e. The fourth-order valence-electron chi connectivity index (χ4n) is 3.77. The average Bonchev–Trinajstić information content (AvgIpc) is 2.75. The van der Waals surface area contributed by atoms with Gasteiger partial charge in [0.1, 0.15) is 11.5 Å². The van der Waals surface area contributed by atoms with E-state index in [0.29, 0.717) is 12.1 Å². The van der Waals surface area contributed by atoms with Crippen molar-refractivity contribution in [3.05, 3.63) is 59.2 Å². The molecule has 1 amide bonds. The van der Waals surface area contributed by atoms with Crippen molar-refractivity contribution in [2.24, 2.45) is 0 Å². The van der Waals surface area contributed by atoms with Gasteiger partial charge in [-0.3, -0.25) is 9.69 Å². The van der Waals surface area contributed by atoms with Crippen LogP contribution in [0.2, 0.25) is 0 Å². The third kappa shape index (κ3) is 4.84. The molecule has 1 heterocycles. The smallest absolute Gasteiger partial charge is 0.251 e. The number of methoxy groups -OCH3 is 2. The predicted octanol–water partition coefficient (Wildman–Crippen LogP) is 3.97. The van der Waals surface area contributed by atoms with Crippen LogP contribution >= 0.6 is 0 Å². The molecule has 2 aromatic rings. The maximum atomic E-state index is 12.7. The summed E-state index contributed by atoms with van der Waals surface area (Å²) in [6.07, 6.45) is 3.69. The van der Waals surface area contributed by atoms with E-state index in [-0.39, 0.29) is 11.9 Å². The van der Waals surface area contributed by atoms with E-state index in [9.17, 15) is 4.79 Å². The van der Waals surface area contributed by atoms with Crippen LogP contribution in [0.25, 0.3) is 0 Å². The number of benzene rings is 2. The Labute approximate surface area is 167 Å². The van der Waals surface area contributed by atoms with Gasteiger partial charge < -0.3 is 14.8 Å². The summed E-state index contributed by atoms with van der Waals surface area (Å²) in [7, 11) is 3.30. The monoisotopic (exact) mass is 382 g/mol. The Morgan fingerprint density at radius 3 is 2.39 bits per heavy atom. The number of likely N-dealkylation sites (tertiary alicyclic amines) is 1. The van der Waals surface area contributed by atoms with Crippen molar-refractivity contribution in [1.82, 2.24) is 10.2 Å². The highest BCUT2D eigenvalue weighted by Gasteiger charge is 2.23. The molecule has 150 valence electrons. The molecule has 1 aliphatic heterocycles. The van der Waals surface area contributed by atoms with Crippen molar-refractivity contribution >= 4 is 5.91 Å². The second kappa shape index (κ2) is 9.60. The summed E-state index contributed by atoms with van der Waals surface area (Å²) in [5.41, 5.74) is 2.84. The van der Waals surface area contributed by atoms with Crippen molar-refractivity contribution in [2.45, 2.75) is 32.2 Å². The molecule has 0 spiro atoms. The second-order valence-electron chi connectivity index (χ2n) is 7.28. The molecule has 1 fully saturated rings. The molecular weight excluding hydrogens is 352 g/mol. The quantitative estimate of drug-likeness (QED) is 0.787. The van der Waals surface area contributed by atoms with Gasteiger partial charge in [0.05, 0.1) is 20.3 Å². The number of carbonyl (C=O) groups excluding carboxylic acids is 1. The lowest BCUT2D eigenvalue weighted by molar-refractivity contribution is 0.0924. The molecule has 5 nitrogen and oxygen atoms in total. The normalized spacial score (nSPS) is 15.7. The second-order valence-corrected chi connectivity index (χ2v) is 7.28. The summed E-state index contributed by atoms with van der Waals surface area (Å²) in [6.45, 7) is 4.66. The zero-order valence-electron chi connectivity index (χ0n) is 17.0. The highest BCUT2D eigenvalue weighted by molar-refractivity contribution is 5.94. The Bertz CT molecular complexity index is 783. The molecule has 1 saturated heterocycles. The molecule has 1 atom stereocenters. The van der Waals surface area contributed by atoms with E-state index in [0.717, 1.165) is 30.2 Å². The van der Waals surface area contributed by atoms with E-state index in [4.69, 9.17) is 9.47 Å². The van der Waals surface area contributed by atoms with Crippen molar-refractivity contribution in [1.29, 1.82) is 0 Å². The van der Waals surface area contributed by atoms with Gasteiger partial charge in [0.2, 0.25) is 0 Å². The number of piperidine rings is 1. The number of ether oxygens (including phenoxy) is 2. The highest BCUT2D eigenvalue weighted by Crippen LogP contribution is 2.26. The first-order valence-corrected chi connectivity index (χ1v) is 9.93. The lowest BCUT2D eigenvalue weighted by Crippen LogP contribution is -2.40. The zero-order valence-corrected chi connectivity index (χ0v) is 17.0. The minimum Gasteiger partial charge on any atom is -0.497 e. The van der Waals surface area contributed by atoms with Crippen LogP contribution < -0.4 is 14.8 Å². The van der Waals surface area contributed by atoms with Gasteiger partial charge in [-0.05, 0) is 68.2 Å². The fraction of sp³-hybridized carbons (Fsp3) is 0.435. The van der Waals surface area contributed by atoms with E-state index >= 15 is 0 Å². The van der Waals surface area contributed by atoms with Crippen LogP contribution in [0.1, 0.15) is 46.8 Å². The van der Waals surface area contributed by atoms with Gasteiger partial charge in [-0.25, -0.2) is 0 Å². The first-order chi connectivity index (χ1) is 13.6. The van der Waals surface area contributed by atoms with Crippen LogP contribution in [0.5, 0.6) is 11.5 Å². The summed E-state index contributed by atoms with van der Waals surface area (Å²) in [4.78, 5) is 15.2. The van der Waals surface area contributed by atoms with Gasteiger partial charge in [0.15, 0.2) is 0 Å². The van der Waals surface area contributed by atoms with E-state index in [1.54, 1.807) is 20.3 Å². The predicted molar refractivity (Wildman–Crippen MR) is 111 cm³/mol. The van der Waals surface area contributed by atoms with Crippen molar-refractivity contribution in [2.75, 3.05) is 33.9 Å². The third-order valence-electron chi connectivity index (χ3n) is 5.46. The van der Waals surface area contributed by atoms with Crippen molar-refractivity contribution < 1.29 is 14.3 Å². The topological polar surface area (TPSA) is 50.8 Å². The molecule has 1 aliphatic rings. The molecule has 0 bridgehead atoms. The van der Waals surface area contributed by atoms with E-state index in [1.165, 1.54) is 24.8 Å². The van der Waals surface area contributed by atoms with Crippen LogP contribution in [0.15, 0.2) is 42.5 Å². The van der Waals surface area contributed by atoms with Crippen LogP contribution in [0, 0.1) is 6.92 Å². The number of hydrogen-bond donors (Lipinski definition) is 1. The van der Waals surface area contributed by atoms with Crippen molar-refractivity contribution in [3.8, 4) is 11.5 Å². The Kier molecular flexibility index (Phi) is 6.93. The number of carbonyl (C=O) groups is 1. The number of amides is 1. The molecule has 3 rings (SSSR count). The van der Waals surface area contributed by atoms with Crippen LogP contribution in [-0.2, 0) is 0 Å². The highest BCUT2D eigenvalue weighted by atomic mass is 16.5. The lowest BCUT2D eigenvalue weighted by Gasteiger charge is -2.35. The summed E-state index contributed by atoms with van der Waals surface area (Å²) in [5.74, 6) is 1.50. The van der Waals surface area contributed by atoms with Gasteiger partial charge in [-0.1, -0.05) is 24.6 Å². The molecule has 0 saturated carbocycles. The Hall–Kier alpha value is -2.53. The van der Waals surface area contributed by atoms with Crippen LogP contribution in [0.4, 0.5) is 0 Å². The average molecular weight is 383 g/mol. The number of nitrogens with zero attached hydrogens (tertiary/aromatic N) is 1. The van der Waals surface area contributed by atoms with Gasteiger partial charge in [-0.2, -0.15) is 0 Å².